The minimum atomic E-state index is -0.316. The molecular weight excluding hydrogens is 256 g/mol. The van der Waals surface area contributed by atoms with Crippen LogP contribution in [-0.2, 0) is 0 Å². The maximum absolute atomic E-state index is 10.2. The summed E-state index contributed by atoms with van der Waals surface area (Å²) in [6.45, 7) is 11.4. The second kappa shape index (κ2) is 6.52. The normalized spacial score (nSPS) is 41.4. The van der Waals surface area contributed by atoms with E-state index in [1.54, 1.807) is 0 Å². The van der Waals surface area contributed by atoms with Crippen molar-refractivity contribution in [3.05, 3.63) is 34.9 Å². The minimum absolute atomic E-state index is 0.316. The molecule has 118 valence electrons. The summed E-state index contributed by atoms with van der Waals surface area (Å²) in [4.78, 5) is 0. The van der Waals surface area contributed by atoms with Crippen molar-refractivity contribution >= 4 is 0 Å². The van der Waals surface area contributed by atoms with E-state index in [1.807, 2.05) is 0 Å². The van der Waals surface area contributed by atoms with E-state index in [-0.39, 0.29) is 6.10 Å². The summed E-state index contributed by atoms with van der Waals surface area (Å²) in [5.41, 5.74) is 4.64. The van der Waals surface area contributed by atoms with E-state index in [2.05, 4.69) is 52.8 Å². The molecule has 3 atom stereocenters. The second-order valence-electron chi connectivity index (χ2n) is 7.88. The van der Waals surface area contributed by atoms with Gasteiger partial charge in [-0.2, -0.15) is 0 Å². The van der Waals surface area contributed by atoms with E-state index in [0.717, 1.165) is 37.5 Å². The van der Waals surface area contributed by atoms with Gasteiger partial charge in [-0.3, -0.25) is 0 Å². The van der Waals surface area contributed by atoms with Crippen molar-refractivity contribution in [1.29, 1.82) is 0 Å². The quantitative estimate of drug-likeness (QED) is 0.590. The molecule has 2 aliphatic carbocycles. The van der Waals surface area contributed by atoms with Crippen LogP contribution in [0.3, 0.4) is 0 Å². The Labute approximate surface area is 130 Å². The summed E-state index contributed by atoms with van der Waals surface area (Å²) in [6.07, 6.45) is 12.0. The highest BCUT2D eigenvalue weighted by Crippen LogP contribution is 2.61. The first kappa shape index (κ1) is 16.5. The molecule has 0 aromatic rings. The number of hydrogen-bond acceptors (Lipinski definition) is 1. The molecule has 1 fully saturated rings. The van der Waals surface area contributed by atoms with Crippen LogP contribution in [0.5, 0.6) is 0 Å². The maximum atomic E-state index is 10.2. The number of hydrogen-bond donors (Lipinski definition) is 1. The molecule has 1 heteroatoms. The Morgan fingerprint density at radius 2 is 1.67 bits per heavy atom. The van der Waals surface area contributed by atoms with Crippen LogP contribution in [0.25, 0.3) is 0 Å². The molecule has 2 rings (SSSR count). The SMILES string of the molecule is C/C1=C\[C@@H]2[C@H](CC/C(C)=C/[C@@H](O)C/C(C)=C/CC1)C2(C)C. The van der Waals surface area contributed by atoms with Crippen LogP contribution < -0.4 is 0 Å². The summed E-state index contributed by atoms with van der Waals surface area (Å²) in [5.74, 6) is 1.57. The summed E-state index contributed by atoms with van der Waals surface area (Å²) < 4.78 is 0. The largest absolute Gasteiger partial charge is 0.389 e. The molecule has 2 aliphatic rings. The molecule has 0 aliphatic heterocycles. The van der Waals surface area contributed by atoms with Gasteiger partial charge in [-0.05, 0) is 70.1 Å². The average Bonchev–Trinajstić information content (AvgIpc) is 2.86. The lowest BCUT2D eigenvalue weighted by molar-refractivity contribution is 0.222. The molecule has 0 aromatic heterocycles. The monoisotopic (exact) mass is 288 g/mol. The maximum Gasteiger partial charge on any atom is 0.0760 e. The van der Waals surface area contributed by atoms with Crippen LogP contribution in [0.2, 0.25) is 0 Å². The fourth-order valence-corrected chi connectivity index (χ4v) is 3.87. The van der Waals surface area contributed by atoms with Crippen molar-refractivity contribution in [3.8, 4) is 0 Å². The van der Waals surface area contributed by atoms with Crippen LogP contribution in [0.4, 0.5) is 0 Å². The van der Waals surface area contributed by atoms with Crippen molar-refractivity contribution in [3.63, 3.8) is 0 Å². The summed E-state index contributed by atoms with van der Waals surface area (Å²) in [7, 11) is 0. The van der Waals surface area contributed by atoms with E-state index in [9.17, 15) is 5.11 Å². The lowest BCUT2D eigenvalue weighted by Crippen LogP contribution is -2.04. The Morgan fingerprint density at radius 1 is 1.00 bits per heavy atom. The van der Waals surface area contributed by atoms with E-state index in [4.69, 9.17) is 0 Å². The molecule has 1 saturated carbocycles. The fraction of sp³-hybridized carbons (Fsp3) is 0.700. The Kier molecular flexibility index (Phi) is 5.14. The van der Waals surface area contributed by atoms with Gasteiger partial charge in [0, 0.05) is 0 Å². The van der Waals surface area contributed by atoms with Gasteiger partial charge in [-0.25, -0.2) is 0 Å². The second-order valence-corrected chi connectivity index (χ2v) is 7.88. The third-order valence-corrected chi connectivity index (χ3v) is 5.49. The molecule has 21 heavy (non-hydrogen) atoms. The molecule has 0 saturated heterocycles. The van der Waals surface area contributed by atoms with Crippen LogP contribution in [0.1, 0.15) is 66.7 Å². The van der Waals surface area contributed by atoms with Gasteiger partial charge >= 0.3 is 0 Å². The van der Waals surface area contributed by atoms with Gasteiger partial charge in [-0.1, -0.05) is 48.8 Å². The van der Waals surface area contributed by atoms with Gasteiger partial charge < -0.3 is 5.11 Å². The molecule has 1 N–H and O–H groups in total. The zero-order chi connectivity index (χ0) is 15.6. The molecule has 0 spiro atoms. The van der Waals surface area contributed by atoms with Gasteiger partial charge in [0.15, 0.2) is 0 Å². The summed E-state index contributed by atoms with van der Waals surface area (Å²) in [5, 5.41) is 10.2. The predicted molar refractivity (Wildman–Crippen MR) is 91.1 cm³/mol. The summed E-state index contributed by atoms with van der Waals surface area (Å²) >= 11 is 0. The van der Waals surface area contributed by atoms with Crippen molar-refractivity contribution in [1.82, 2.24) is 0 Å². The highest BCUT2D eigenvalue weighted by Gasteiger charge is 2.55. The third-order valence-electron chi connectivity index (χ3n) is 5.49. The molecular formula is C20H32O. The number of fused-ring (bicyclic) bond motifs is 1. The molecule has 1 nitrogen and oxygen atoms in total. The van der Waals surface area contributed by atoms with Crippen LogP contribution >= 0.6 is 0 Å². The average molecular weight is 288 g/mol. The smallest absolute Gasteiger partial charge is 0.0760 e. The Balaban J connectivity index is 2.14. The van der Waals surface area contributed by atoms with E-state index in [1.165, 1.54) is 23.1 Å². The molecule has 0 aromatic carbocycles. The summed E-state index contributed by atoms with van der Waals surface area (Å²) in [6, 6.07) is 0. The van der Waals surface area contributed by atoms with Crippen molar-refractivity contribution in [2.75, 3.05) is 0 Å². The van der Waals surface area contributed by atoms with Crippen molar-refractivity contribution in [2.24, 2.45) is 17.3 Å². The van der Waals surface area contributed by atoms with Crippen LogP contribution in [-0.4, -0.2) is 11.2 Å². The van der Waals surface area contributed by atoms with Crippen LogP contribution in [0.15, 0.2) is 34.9 Å². The zero-order valence-electron chi connectivity index (χ0n) is 14.4. The first-order chi connectivity index (χ1) is 9.80. The first-order valence-corrected chi connectivity index (χ1v) is 8.49. The minimum Gasteiger partial charge on any atom is -0.389 e. The highest BCUT2D eigenvalue weighted by atomic mass is 16.3. The third kappa shape index (κ3) is 4.32. The lowest BCUT2D eigenvalue weighted by atomic mass is 10.00. The van der Waals surface area contributed by atoms with E-state index < -0.39 is 0 Å². The van der Waals surface area contributed by atoms with Gasteiger partial charge in [0.1, 0.15) is 0 Å². The van der Waals surface area contributed by atoms with Crippen LogP contribution in [0, 0.1) is 17.3 Å². The number of aliphatic hydroxyl groups is 1. The van der Waals surface area contributed by atoms with Crippen molar-refractivity contribution in [2.45, 2.75) is 72.8 Å². The van der Waals surface area contributed by atoms with E-state index in [0.29, 0.717) is 5.41 Å². The number of rotatable bonds is 0. The lowest BCUT2D eigenvalue weighted by Gasteiger charge is -2.10. The molecule has 0 heterocycles. The number of aliphatic hydroxyl groups excluding tert-OH is 1. The van der Waals surface area contributed by atoms with Crippen molar-refractivity contribution < 1.29 is 5.11 Å². The fourth-order valence-electron chi connectivity index (χ4n) is 3.87. The molecule has 0 amide bonds. The van der Waals surface area contributed by atoms with Gasteiger partial charge in [0.2, 0.25) is 0 Å². The van der Waals surface area contributed by atoms with E-state index >= 15 is 0 Å². The molecule has 0 radical (unpaired) electrons. The topological polar surface area (TPSA) is 20.2 Å². The molecule has 0 bridgehead atoms. The first-order valence-electron chi connectivity index (χ1n) is 8.49. The highest BCUT2D eigenvalue weighted by molar-refractivity contribution is 5.19. The number of allylic oxidation sites excluding steroid dienone is 4. The zero-order valence-corrected chi connectivity index (χ0v) is 14.4. The Hall–Kier alpha value is -0.820. The standard InChI is InChI=1S/C20H32O/c1-14-7-6-8-15(2)13-19-18(20(19,4)5)10-9-16(3)12-17(21)11-14/h7,12-13,17-19,21H,6,8-11H2,1-5H3/b14-7+,15-13+,16-12+/t17-,18-,19+/m0/s1. The molecule has 0 unspecified atom stereocenters. The van der Waals surface area contributed by atoms with Gasteiger partial charge in [0.05, 0.1) is 6.10 Å². The Bertz CT molecular complexity index is 464. The van der Waals surface area contributed by atoms with Gasteiger partial charge in [0.25, 0.3) is 0 Å². The Morgan fingerprint density at radius 3 is 2.38 bits per heavy atom. The predicted octanol–water partition coefficient (Wildman–Crippen LogP) is 5.42. The van der Waals surface area contributed by atoms with Gasteiger partial charge in [-0.15, -0.1) is 0 Å².